The summed E-state index contributed by atoms with van der Waals surface area (Å²) in [4.78, 5) is 9.16. The minimum absolute atomic E-state index is 0.919. The van der Waals surface area contributed by atoms with Gasteiger partial charge in [0.2, 0.25) is 0 Å². The highest BCUT2D eigenvalue weighted by molar-refractivity contribution is 7.09. The fourth-order valence-corrected chi connectivity index (χ4v) is 2.72. The van der Waals surface area contributed by atoms with E-state index in [0.717, 1.165) is 41.9 Å². The van der Waals surface area contributed by atoms with Gasteiger partial charge in [0.15, 0.2) is 5.82 Å². The Kier molecular flexibility index (Phi) is 2.29. The van der Waals surface area contributed by atoms with Crippen molar-refractivity contribution < 1.29 is 0 Å². The first-order valence-electron chi connectivity index (χ1n) is 5.45. The van der Waals surface area contributed by atoms with Crippen molar-refractivity contribution in [2.75, 3.05) is 6.54 Å². The first-order chi connectivity index (χ1) is 7.75. The standard InChI is InChI=1S/C11H14N4S/c1-7-10-5-12-3-4-15(10)11(13-7)9-6-16-8(2)14-9/h6,12H,3-5H2,1-2H3. The molecule has 1 aliphatic rings. The maximum atomic E-state index is 4.64. The highest BCUT2D eigenvalue weighted by atomic mass is 32.1. The van der Waals surface area contributed by atoms with Crippen molar-refractivity contribution in [2.45, 2.75) is 26.9 Å². The molecule has 3 rings (SSSR count). The molecular weight excluding hydrogens is 220 g/mol. The number of thiazole rings is 1. The molecule has 0 aromatic carbocycles. The second-order valence-corrected chi connectivity index (χ2v) is 5.11. The van der Waals surface area contributed by atoms with Crippen LogP contribution in [-0.2, 0) is 13.1 Å². The summed E-state index contributed by atoms with van der Waals surface area (Å²) in [5.41, 5.74) is 3.43. The van der Waals surface area contributed by atoms with E-state index in [2.05, 4.69) is 32.2 Å². The van der Waals surface area contributed by atoms with Gasteiger partial charge in [-0.15, -0.1) is 11.3 Å². The van der Waals surface area contributed by atoms with E-state index in [1.807, 2.05) is 6.92 Å². The molecule has 3 heterocycles. The molecule has 0 saturated carbocycles. The molecule has 0 atom stereocenters. The molecule has 0 radical (unpaired) electrons. The van der Waals surface area contributed by atoms with Crippen LogP contribution in [0.3, 0.4) is 0 Å². The van der Waals surface area contributed by atoms with Crippen molar-refractivity contribution in [2.24, 2.45) is 0 Å². The Morgan fingerprint density at radius 2 is 2.25 bits per heavy atom. The van der Waals surface area contributed by atoms with Gasteiger partial charge in [0, 0.05) is 25.0 Å². The molecule has 2 aromatic heterocycles. The Hall–Kier alpha value is -1.20. The number of aromatic nitrogens is 3. The van der Waals surface area contributed by atoms with Crippen molar-refractivity contribution in [3.05, 3.63) is 21.8 Å². The molecule has 0 bridgehead atoms. The van der Waals surface area contributed by atoms with Crippen LogP contribution < -0.4 is 5.32 Å². The van der Waals surface area contributed by atoms with Crippen molar-refractivity contribution in [1.29, 1.82) is 0 Å². The van der Waals surface area contributed by atoms with Gasteiger partial charge in [-0.1, -0.05) is 0 Å². The van der Waals surface area contributed by atoms with Crippen LogP contribution in [-0.4, -0.2) is 21.1 Å². The number of fused-ring (bicyclic) bond motifs is 1. The molecule has 0 amide bonds. The molecule has 0 fully saturated rings. The Morgan fingerprint density at radius 3 is 3.00 bits per heavy atom. The van der Waals surface area contributed by atoms with Crippen LogP contribution in [0.2, 0.25) is 0 Å². The van der Waals surface area contributed by atoms with Crippen molar-refractivity contribution in [3.8, 4) is 11.5 Å². The van der Waals surface area contributed by atoms with Crippen molar-refractivity contribution >= 4 is 11.3 Å². The lowest BCUT2D eigenvalue weighted by atomic mass is 10.3. The third-order valence-corrected chi connectivity index (χ3v) is 3.70. The van der Waals surface area contributed by atoms with Gasteiger partial charge in [-0.3, -0.25) is 0 Å². The van der Waals surface area contributed by atoms with Crippen LogP contribution >= 0.6 is 11.3 Å². The van der Waals surface area contributed by atoms with Gasteiger partial charge in [0.1, 0.15) is 5.69 Å². The second-order valence-electron chi connectivity index (χ2n) is 4.05. The normalized spacial score (nSPS) is 15.1. The molecular formula is C11H14N4S. The Balaban J connectivity index is 2.14. The van der Waals surface area contributed by atoms with E-state index in [0.29, 0.717) is 0 Å². The highest BCUT2D eigenvalue weighted by Crippen LogP contribution is 2.24. The van der Waals surface area contributed by atoms with Crippen LogP contribution in [0.25, 0.3) is 11.5 Å². The third-order valence-electron chi connectivity index (χ3n) is 2.93. The van der Waals surface area contributed by atoms with Crippen LogP contribution in [0.5, 0.6) is 0 Å². The van der Waals surface area contributed by atoms with Gasteiger partial charge < -0.3 is 9.88 Å². The average Bonchev–Trinajstić information content (AvgIpc) is 2.84. The molecule has 4 nitrogen and oxygen atoms in total. The van der Waals surface area contributed by atoms with E-state index in [1.165, 1.54) is 5.69 Å². The number of hydrogen-bond acceptors (Lipinski definition) is 4. The monoisotopic (exact) mass is 234 g/mol. The Labute approximate surface area is 98.4 Å². The van der Waals surface area contributed by atoms with E-state index in [4.69, 9.17) is 0 Å². The summed E-state index contributed by atoms with van der Waals surface area (Å²) in [7, 11) is 0. The molecule has 1 N–H and O–H groups in total. The van der Waals surface area contributed by atoms with E-state index in [-0.39, 0.29) is 0 Å². The Morgan fingerprint density at radius 1 is 1.38 bits per heavy atom. The van der Waals surface area contributed by atoms with E-state index in [9.17, 15) is 0 Å². The summed E-state index contributed by atoms with van der Waals surface area (Å²) in [6.07, 6.45) is 0. The largest absolute Gasteiger partial charge is 0.324 e. The van der Waals surface area contributed by atoms with Crippen LogP contribution in [0.15, 0.2) is 5.38 Å². The van der Waals surface area contributed by atoms with E-state index in [1.54, 1.807) is 11.3 Å². The van der Waals surface area contributed by atoms with Gasteiger partial charge >= 0.3 is 0 Å². The van der Waals surface area contributed by atoms with E-state index >= 15 is 0 Å². The molecule has 16 heavy (non-hydrogen) atoms. The maximum absolute atomic E-state index is 4.64. The van der Waals surface area contributed by atoms with Crippen LogP contribution in [0, 0.1) is 13.8 Å². The van der Waals surface area contributed by atoms with Gasteiger partial charge in [0.25, 0.3) is 0 Å². The molecule has 0 spiro atoms. The zero-order valence-corrected chi connectivity index (χ0v) is 10.3. The first kappa shape index (κ1) is 9.99. The molecule has 0 saturated heterocycles. The Bertz CT molecular complexity index is 526. The lowest BCUT2D eigenvalue weighted by Crippen LogP contribution is -2.28. The minimum Gasteiger partial charge on any atom is -0.324 e. The molecule has 84 valence electrons. The van der Waals surface area contributed by atoms with Gasteiger partial charge in [0.05, 0.1) is 16.4 Å². The fourth-order valence-electron chi connectivity index (χ4n) is 2.13. The summed E-state index contributed by atoms with van der Waals surface area (Å²) in [6, 6.07) is 0. The average molecular weight is 234 g/mol. The van der Waals surface area contributed by atoms with Crippen molar-refractivity contribution in [1.82, 2.24) is 19.9 Å². The summed E-state index contributed by atoms with van der Waals surface area (Å²) >= 11 is 1.68. The zero-order valence-electron chi connectivity index (χ0n) is 9.45. The summed E-state index contributed by atoms with van der Waals surface area (Å²) in [5, 5.41) is 6.56. The smallest absolute Gasteiger partial charge is 0.160 e. The topological polar surface area (TPSA) is 42.7 Å². The van der Waals surface area contributed by atoms with Crippen LogP contribution in [0.1, 0.15) is 16.4 Å². The fraction of sp³-hybridized carbons (Fsp3) is 0.455. The van der Waals surface area contributed by atoms with Crippen LogP contribution in [0.4, 0.5) is 0 Å². The lowest BCUT2D eigenvalue weighted by Gasteiger charge is -2.17. The summed E-state index contributed by atoms with van der Waals surface area (Å²) in [5.74, 6) is 1.03. The number of hydrogen-bond donors (Lipinski definition) is 1. The predicted molar refractivity (Wildman–Crippen MR) is 64.5 cm³/mol. The summed E-state index contributed by atoms with van der Waals surface area (Å²) in [6.45, 7) is 7.02. The second kappa shape index (κ2) is 3.68. The van der Waals surface area contributed by atoms with Gasteiger partial charge in [-0.2, -0.15) is 0 Å². The van der Waals surface area contributed by atoms with Gasteiger partial charge in [-0.05, 0) is 13.8 Å². The zero-order chi connectivity index (χ0) is 11.1. The number of nitrogens with one attached hydrogen (secondary N) is 1. The number of aryl methyl sites for hydroxylation is 2. The molecule has 0 aliphatic carbocycles. The molecule has 5 heteroatoms. The maximum Gasteiger partial charge on any atom is 0.160 e. The van der Waals surface area contributed by atoms with E-state index < -0.39 is 0 Å². The predicted octanol–water partition coefficient (Wildman–Crippen LogP) is 1.73. The SMILES string of the molecule is Cc1nc(-c2nc(C)c3n2CCNC3)cs1. The molecule has 2 aromatic rings. The van der Waals surface area contributed by atoms with Crippen molar-refractivity contribution in [3.63, 3.8) is 0 Å². The number of rotatable bonds is 1. The highest BCUT2D eigenvalue weighted by Gasteiger charge is 2.19. The quantitative estimate of drug-likeness (QED) is 0.817. The number of imidazole rings is 1. The lowest BCUT2D eigenvalue weighted by molar-refractivity contribution is 0.517. The summed E-state index contributed by atoms with van der Waals surface area (Å²) < 4.78 is 2.29. The van der Waals surface area contributed by atoms with Gasteiger partial charge in [-0.25, -0.2) is 9.97 Å². The molecule has 0 unspecified atom stereocenters. The third kappa shape index (κ3) is 1.47. The first-order valence-corrected chi connectivity index (χ1v) is 6.33. The molecule has 1 aliphatic heterocycles. The minimum atomic E-state index is 0.919. The number of nitrogens with zero attached hydrogens (tertiary/aromatic N) is 3.